The molecule has 0 atom stereocenters. The largest absolute Gasteiger partial charge is 0.508 e. The number of nitrogens with one attached hydrogen (secondary N) is 1. The summed E-state index contributed by atoms with van der Waals surface area (Å²) in [6.45, 7) is 2.89. The normalized spacial score (nSPS) is 14.2. The van der Waals surface area contributed by atoms with Crippen LogP contribution < -0.4 is 0 Å². The van der Waals surface area contributed by atoms with Gasteiger partial charge < -0.3 is 10.1 Å². The van der Waals surface area contributed by atoms with E-state index in [1.807, 2.05) is 13.0 Å². The van der Waals surface area contributed by atoms with E-state index in [2.05, 4.69) is 9.98 Å². The first kappa shape index (κ1) is 11.2. The van der Waals surface area contributed by atoms with Crippen LogP contribution in [0.4, 0.5) is 0 Å². The van der Waals surface area contributed by atoms with Crippen molar-refractivity contribution in [2.24, 2.45) is 4.99 Å². The number of hydrogen-bond acceptors (Lipinski definition) is 2. The van der Waals surface area contributed by atoms with E-state index in [4.69, 9.17) is 0 Å². The highest BCUT2D eigenvalue weighted by atomic mass is 79.9. The minimum atomic E-state index is 0. The fourth-order valence-corrected chi connectivity index (χ4v) is 2.23. The predicted octanol–water partition coefficient (Wildman–Crippen LogP) is 2.82. The third-order valence-electron chi connectivity index (χ3n) is 2.96. The van der Waals surface area contributed by atoms with E-state index in [1.165, 1.54) is 10.9 Å². The molecule has 84 valence electrons. The minimum absolute atomic E-state index is 0. The first-order valence-corrected chi connectivity index (χ1v) is 5.11. The molecule has 1 aliphatic heterocycles. The second kappa shape index (κ2) is 3.94. The second-order valence-corrected chi connectivity index (χ2v) is 3.93. The van der Waals surface area contributed by atoms with Crippen LogP contribution in [0.2, 0.25) is 0 Å². The number of phenolic OH excluding ortho intramolecular Hbond substituents is 1. The summed E-state index contributed by atoms with van der Waals surface area (Å²) in [4.78, 5) is 7.73. The molecular weight excluding hydrogens is 268 g/mol. The molecule has 2 heterocycles. The van der Waals surface area contributed by atoms with Gasteiger partial charge in [0.25, 0.3) is 0 Å². The van der Waals surface area contributed by atoms with Gasteiger partial charge in [-0.3, -0.25) is 4.99 Å². The van der Waals surface area contributed by atoms with Crippen LogP contribution in [0.15, 0.2) is 23.2 Å². The van der Waals surface area contributed by atoms with Gasteiger partial charge in [0.05, 0.1) is 11.4 Å². The summed E-state index contributed by atoms with van der Waals surface area (Å²) in [5, 5.41) is 10.6. The molecule has 0 fully saturated rings. The van der Waals surface area contributed by atoms with Gasteiger partial charge in [-0.1, -0.05) is 0 Å². The Bertz CT molecular complexity index is 572. The number of aromatic amines is 1. The number of H-pyrrole nitrogens is 1. The number of halogens is 1. The van der Waals surface area contributed by atoms with Crippen LogP contribution in [0.5, 0.6) is 5.75 Å². The molecule has 1 aromatic carbocycles. The van der Waals surface area contributed by atoms with Crippen LogP contribution in [0, 0.1) is 0 Å². The molecule has 2 aromatic rings. The number of aliphatic imine (C=N–C) groups is 1. The van der Waals surface area contributed by atoms with E-state index >= 15 is 0 Å². The van der Waals surface area contributed by atoms with Gasteiger partial charge >= 0.3 is 0 Å². The van der Waals surface area contributed by atoms with Gasteiger partial charge in [0.1, 0.15) is 5.75 Å². The van der Waals surface area contributed by atoms with Gasteiger partial charge in [-0.2, -0.15) is 0 Å². The van der Waals surface area contributed by atoms with Crippen LogP contribution >= 0.6 is 17.0 Å². The van der Waals surface area contributed by atoms with Crippen LogP contribution in [0.1, 0.15) is 18.2 Å². The molecule has 3 nitrogen and oxygen atoms in total. The van der Waals surface area contributed by atoms with E-state index in [-0.39, 0.29) is 17.0 Å². The van der Waals surface area contributed by atoms with E-state index in [1.54, 1.807) is 12.1 Å². The molecule has 0 radical (unpaired) electrons. The van der Waals surface area contributed by atoms with Crippen LogP contribution in [-0.4, -0.2) is 22.3 Å². The summed E-state index contributed by atoms with van der Waals surface area (Å²) < 4.78 is 0. The minimum Gasteiger partial charge on any atom is -0.508 e. The lowest BCUT2D eigenvalue weighted by Gasteiger charge is -2.08. The Morgan fingerprint density at radius 1 is 1.38 bits per heavy atom. The lowest BCUT2D eigenvalue weighted by molar-refractivity contribution is 0.476. The monoisotopic (exact) mass is 280 g/mol. The summed E-state index contributed by atoms with van der Waals surface area (Å²) in [5.41, 5.74) is 4.52. The SMILES string of the molecule is Br.CC1=NCCc2c1[nH]c1cc(O)ccc21. The molecule has 0 saturated heterocycles. The Morgan fingerprint density at radius 2 is 2.19 bits per heavy atom. The lowest BCUT2D eigenvalue weighted by atomic mass is 10.0. The van der Waals surface area contributed by atoms with Crippen LogP contribution in [0.3, 0.4) is 0 Å². The molecule has 0 unspecified atom stereocenters. The van der Waals surface area contributed by atoms with E-state index < -0.39 is 0 Å². The van der Waals surface area contributed by atoms with Gasteiger partial charge in [0.2, 0.25) is 0 Å². The molecule has 1 aliphatic rings. The average molecular weight is 281 g/mol. The summed E-state index contributed by atoms with van der Waals surface area (Å²) in [7, 11) is 0. The fourth-order valence-electron chi connectivity index (χ4n) is 2.23. The van der Waals surface area contributed by atoms with Crippen LogP contribution in [-0.2, 0) is 6.42 Å². The molecule has 0 aliphatic carbocycles. The number of fused-ring (bicyclic) bond motifs is 3. The number of benzene rings is 1. The highest BCUT2D eigenvalue weighted by Gasteiger charge is 2.16. The van der Waals surface area contributed by atoms with E-state index in [0.717, 1.165) is 29.9 Å². The van der Waals surface area contributed by atoms with Crippen molar-refractivity contribution >= 4 is 33.6 Å². The number of phenols is 1. The maximum absolute atomic E-state index is 9.41. The van der Waals surface area contributed by atoms with Gasteiger partial charge in [-0.25, -0.2) is 0 Å². The zero-order valence-electron chi connectivity index (χ0n) is 8.95. The molecular formula is C12H13BrN2O. The third-order valence-corrected chi connectivity index (χ3v) is 2.96. The molecule has 16 heavy (non-hydrogen) atoms. The summed E-state index contributed by atoms with van der Waals surface area (Å²) in [5.74, 6) is 0.302. The van der Waals surface area contributed by atoms with Crippen molar-refractivity contribution in [1.82, 2.24) is 4.98 Å². The standard InChI is InChI=1S/C12H12N2O.BrH/c1-7-12-10(4-5-13-7)9-3-2-8(15)6-11(9)14-12;/h2-3,6,14-15H,4-5H2,1H3;1H. The van der Waals surface area contributed by atoms with Crippen molar-refractivity contribution in [3.05, 3.63) is 29.5 Å². The van der Waals surface area contributed by atoms with Crippen LogP contribution in [0.25, 0.3) is 10.9 Å². The Kier molecular flexibility index (Phi) is 2.76. The van der Waals surface area contributed by atoms with Crippen molar-refractivity contribution in [2.45, 2.75) is 13.3 Å². The Labute approximate surface area is 104 Å². The first-order valence-electron chi connectivity index (χ1n) is 5.11. The Hall–Kier alpha value is -1.29. The van der Waals surface area contributed by atoms with Crippen molar-refractivity contribution in [3.63, 3.8) is 0 Å². The third kappa shape index (κ3) is 1.53. The van der Waals surface area contributed by atoms with Gasteiger partial charge in [0, 0.05) is 23.5 Å². The molecule has 0 bridgehead atoms. The van der Waals surface area contributed by atoms with Crippen molar-refractivity contribution in [2.75, 3.05) is 6.54 Å². The molecule has 0 amide bonds. The quantitative estimate of drug-likeness (QED) is 0.766. The highest BCUT2D eigenvalue weighted by Crippen LogP contribution is 2.28. The highest BCUT2D eigenvalue weighted by molar-refractivity contribution is 8.93. The molecule has 3 rings (SSSR count). The van der Waals surface area contributed by atoms with Crippen molar-refractivity contribution in [1.29, 1.82) is 0 Å². The number of nitrogens with zero attached hydrogens (tertiary/aromatic N) is 1. The fraction of sp³-hybridized carbons (Fsp3) is 0.250. The first-order chi connectivity index (χ1) is 7.25. The number of hydrogen-bond donors (Lipinski definition) is 2. The molecule has 4 heteroatoms. The Morgan fingerprint density at radius 3 is 3.00 bits per heavy atom. The number of aromatic hydroxyl groups is 1. The predicted molar refractivity (Wildman–Crippen MR) is 71.1 cm³/mol. The van der Waals surface area contributed by atoms with E-state index in [9.17, 15) is 5.11 Å². The van der Waals surface area contributed by atoms with Crippen molar-refractivity contribution in [3.8, 4) is 5.75 Å². The van der Waals surface area contributed by atoms with Gasteiger partial charge in [-0.05, 0) is 31.0 Å². The van der Waals surface area contributed by atoms with Gasteiger partial charge in [-0.15, -0.1) is 17.0 Å². The average Bonchev–Trinajstić information content (AvgIpc) is 2.57. The molecule has 0 spiro atoms. The number of rotatable bonds is 0. The smallest absolute Gasteiger partial charge is 0.117 e. The van der Waals surface area contributed by atoms with Gasteiger partial charge in [0.15, 0.2) is 0 Å². The van der Waals surface area contributed by atoms with E-state index in [0.29, 0.717) is 5.75 Å². The summed E-state index contributed by atoms with van der Waals surface area (Å²) in [6.07, 6.45) is 0.984. The zero-order chi connectivity index (χ0) is 10.4. The van der Waals surface area contributed by atoms with Crippen molar-refractivity contribution < 1.29 is 5.11 Å². The molecule has 2 N–H and O–H groups in total. The Balaban J connectivity index is 0.000000963. The lowest BCUT2D eigenvalue weighted by Crippen LogP contribution is -2.08. The maximum atomic E-state index is 9.41. The zero-order valence-corrected chi connectivity index (χ0v) is 10.7. The molecule has 0 saturated carbocycles. The topological polar surface area (TPSA) is 48.4 Å². The number of aromatic nitrogens is 1. The maximum Gasteiger partial charge on any atom is 0.117 e. The molecule has 1 aromatic heterocycles. The summed E-state index contributed by atoms with van der Waals surface area (Å²) in [6, 6.07) is 5.47. The second-order valence-electron chi connectivity index (χ2n) is 3.93. The summed E-state index contributed by atoms with van der Waals surface area (Å²) >= 11 is 0.